The van der Waals surface area contributed by atoms with E-state index in [1.165, 1.54) is 34.8 Å². The largest absolute Gasteiger partial charge is 0.459 e. The Labute approximate surface area is 147 Å². The summed E-state index contributed by atoms with van der Waals surface area (Å²) in [4.78, 5) is 37.6. The highest BCUT2D eigenvalue weighted by molar-refractivity contribution is 8.01. The molecule has 1 aromatic rings. The molecule has 2 saturated heterocycles. The number of Topliss-reactive ketones (excluding diaryl/α,β-unsaturated/α-hetero) is 1. The third-order valence-electron chi connectivity index (χ3n) is 3.61. The maximum absolute atomic E-state index is 12.8. The van der Waals surface area contributed by atoms with E-state index in [0.29, 0.717) is 16.7 Å². The Balaban J connectivity index is 1.79. The van der Waals surface area contributed by atoms with Gasteiger partial charge >= 0.3 is 5.97 Å². The SMILES string of the molecule is CC(C)(C)OC(=O)C1(CSc2nnco2)CS[C@@H]2C(=O)C(=O)N2C1. The van der Waals surface area contributed by atoms with Crippen molar-refractivity contribution in [3.63, 3.8) is 0 Å². The minimum atomic E-state index is -0.927. The number of β-lactam (4-membered cyclic amide) rings is 1. The van der Waals surface area contributed by atoms with Gasteiger partial charge < -0.3 is 14.1 Å². The minimum absolute atomic E-state index is 0.158. The zero-order chi connectivity index (χ0) is 17.5. The molecular weight excluding hydrogens is 354 g/mol. The van der Waals surface area contributed by atoms with Gasteiger partial charge in [-0.1, -0.05) is 11.8 Å². The van der Waals surface area contributed by atoms with E-state index >= 15 is 0 Å². The quantitative estimate of drug-likeness (QED) is 0.331. The van der Waals surface area contributed by atoms with Crippen LogP contribution in [0.5, 0.6) is 0 Å². The third-order valence-corrected chi connectivity index (χ3v) is 6.24. The molecule has 0 N–H and O–H groups in total. The van der Waals surface area contributed by atoms with Crippen LogP contribution in [0.25, 0.3) is 0 Å². The van der Waals surface area contributed by atoms with Crippen LogP contribution in [0.4, 0.5) is 0 Å². The number of fused-ring (bicyclic) bond motifs is 1. The van der Waals surface area contributed by atoms with Gasteiger partial charge in [-0.2, -0.15) is 0 Å². The fourth-order valence-corrected chi connectivity index (χ4v) is 4.89. The van der Waals surface area contributed by atoms with Crippen molar-refractivity contribution in [3.05, 3.63) is 6.39 Å². The van der Waals surface area contributed by atoms with Crippen molar-refractivity contribution in [1.82, 2.24) is 15.1 Å². The molecule has 2 fully saturated rings. The van der Waals surface area contributed by atoms with Crippen molar-refractivity contribution in [2.45, 2.75) is 37.0 Å². The molecule has 1 aromatic heterocycles. The first kappa shape index (κ1) is 17.3. The normalized spacial score (nSPS) is 26.8. The Kier molecular flexibility index (Phi) is 4.37. The second kappa shape index (κ2) is 6.07. The number of aromatic nitrogens is 2. The number of esters is 1. The lowest BCUT2D eigenvalue weighted by Crippen LogP contribution is -2.68. The molecule has 2 aliphatic heterocycles. The average molecular weight is 371 g/mol. The second-order valence-corrected chi connectivity index (χ2v) is 8.73. The number of hydrogen-bond acceptors (Lipinski definition) is 9. The van der Waals surface area contributed by atoms with Crippen LogP contribution < -0.4 is 0 Å². The van der Waals surface area contributed by atoms with Crippen molar-refractivity contribution in [2.75, 3.05) is 18.1 Å². The molecule has 10 heteroatoms. The van der Waals surface area contributed by atoms with Crippen LogP contribution in [0.2, 0.25) is 0 Å². The van der Waals surface area contributed by atoms with Crippen LogP contribution in [0.15, 0.2) is 16.0 Å². The summed E-state index contributed by atoms with van der Waals surface area (Å²) in [6.45, 7) is 5.54. The van der Waals surface area contributed by atoms with E-state index in [-0.39, 0.29) is 12.5 Å². The first-order valence-electron chi connectivity index (χ1n) is 7.31. The highest BCUT2D eigenvalue weighted by Crippen LogP contribution is 2.43. The molecule has 1 amide bonds. The van der Waals surface area contributed by atoms with Crippen LogP contribution in [0.1, 0.15) is 20.8 Å². The van der Waals surface area contributed by atoms with Crippen molar-refractivity contribution < 1.29 is 23.5 Å². The van der Waals surface area contributed by atoms with Crippen LogP contribution in [-0.2, 0) is 19.1 Å². The smallest absolute Gasteiger partial charge is 0.316 e. The third kappa shape index (κ3) is 3.16. The molecule has 130 valence electrons. The molecule has 0 saturated carbocycles. The Morgan fingerprint density at radius 1 is 1.54 bits per heavy atom. The van der Waals surface area contributed by atoms with E-state index in [1.807, 2.05) is 0 Å². The van der Waals surface area contributed by atoms with Gasteiger partial charge in [-0.05, 0) is 20.8 Å². The average Bonchev–Trinajstić information content (AvgIpc) is 3.03. The van der Waals surface area contributed by atoms with Gasteiger partial charge in [-0.15, -0.1) is 22.0 Å². The maximum Gasteiger partial charge on any atom is 0.316 e. The molecule has 8 nitrogen and oxygen atoms in total. The van der Waals surface area contributed by atoms with Gasteiger partial charge in [0.05, 0.1) is 0 Å². The van der Waals surface area contributed by atoms with Crippen LogP contribution in [-0.4, -0.2) is 61.8 Å². The molecular formula is C14H17N3O5S2. The predicted octanol–water partition coefficient (Wildman–Crippen LogP) is 0.974. The summed E-state index contributed by atoms with van der Waals surface area (Å²) in [6.07, 6.45) is 1.21. The molecule has 0 radical (unpaired) electrons. The summed E-state index contributed by atoms with van der Waals surface area (Å²) in [7, 11) is 0. The molecule has 0 bridgehead atoms. The van der Waals surface area contributed by atoms with E-state index < -0.39 is 28.1 Å². The number of thioether (sulfide) groups is 2. The lowest BCUT2D eigenvalue weighted by atomic mass is 9.89. The van der Waals surface area contributed by atoms with Crippen molar-refractivity contribution in [1.29, 1.82) is 0 Å². The van der Waals surface area contributed by atoms with E-state index in [2.05, 4.69) is 10.2 Å². The number of ether oxygens (including phenoxy) is 1. The van der Waals surface area contributed by atoms with E-state index in [0.717, 1.165) is 0 Å². The Bertz CT molecular complexity index is 672. The molecule has 24 heavy (non-hydrogen) atoms. The van der Waals surface area contributed by atoms with Crippen LogP contribution in [0.3, 0.4) is 0 Å². The number of ketones is 1. The lowest BCUT2D eigenvalue weighted by molar-refractivity contribution is -0.171. The van der Waals surface area contributed by atoms with E-state index in [1.54, 1.807) is 20.8 Å². The highest BCUT2D eigenvalue weighted by Gasteiger charge is 2.57. The van der Waals surface area contributed by atoms with E-state index in [9.17, 15) is 14.4 Å². The molecule has 1 unspecified atom stereocenters. The van der Waals surface area contributed by atoms with Gasteiger partial charge in [0.2, 0.25) is 6.39 Å². The van der Waals surface area contributed by atoms with Gasteiger partial charge in [-0.25, -0.2) is 0 Å². The number of hydrogen-bond donors (Lipinski definition) is 0. The molecule has 0 aliphatic carbocycles. The highest BCUT2D eigenvalue weighted by atomic mass is 32.2. The van der Waals surface area contributed by atoms with Gasteiger partial charge in [0.1, 0.15) is 16.4 Å². The Morgan fingerprint density at radius 2 is 2.29 bits per heavy atom. The molecule has 0 aromatic carbocycles. The van der Waals surface area contributed by atoms with Gasteiger partial charge in [0.15, 0.2) is 0 Å². The van der Waals surface area contributed by atoms with Crippen molar-refractivity contribution in [2.24, 2.45) is 5.41 Å². The zero-order valence-corrected chi connectivity index (χ0v) is 15.1. The second-order valence-electron chi connectivity index (χ2n) is 6.74. The first-order valence-corrected chi connectivity index (χ1v) is 9.34. The first-order chi connectivity index (χ1) is 11.2. The molecule has 3 heterocycles. The Hall–Kier alpha value is -1.55. The fourth-order valence-electron chi connectivity index (χ4n) is 2.44. The van der Waals surface area contributed by atoms with Crippen molar-refractivity contribution >= 4 is 41.2 Å². The summed E-state index contributed by atoms with van der Waals surface area (Å²) in [5.41, 5.74) is -1.57. The minimum Gasteiger partial charge on any atom is -0.459 e. The number of nitrogens with zero attached hydrogens (tertiary/aromatic N) is 3. The number of amides is 1. The summed E-state index contributed by atoms with van der Waals surface area (Å²) < 4.78 is 10.7. The zero-order valence-electron chi connectivity index (χ0n) is 13.5. The summed E-state index contributed by atoms with van der Waals surface area (Å²) in [5, 5.41) is 7.27. The van der Waals surface area contributed by atoms with Crippen LogP contribution >= 0.6 is 23.5 Å². The molecule has 3 rings (SSSR count). The standard InChI is InChI=1S/C14H17N3O5S2/c1-13(2,3)22-11(20)14(6-24-12-16-15-7-21-12)4-17-9(19)8(18)10(17)23-5-14/h7,10H,4-6H2,1-3H3/t10-,14?/m1/s1. The molecule has 2 atom stereocenters. The number of carbonyl (C=O) groups excluding carboxylic acids is 3. The lowest BCUT2D eigenvalue weighted by Gasteiger charge is -2.49. The summed E-state index contributed by atoms with van der Waals surface area (Å²) >= 11 is 2.54. The van der Waals surface area contributed by atoms with Crippen molar-refractivity contribution in [3.8, 4) is 0 Å². The van der Waals surface area contributed by atoms with Gasteiger partial charge in [0.25, 0.3) is 16.9 Å². The monoisotopic (exact) mass is 371 g/mol. The van der Waals surface area contributed by atoms with Gasteiger partial charge in [-0.3, -0.25) is 14.4 Å². The topological polar surface area (TPSA) is 103 Å². The summed E-state index contributed by atoms with van der Waals surface area (Å²) in [6, 6.07) is 0. The Morgan fingerprint density at radius 3 is 2.92 bits per heavy atom. The van der Waals surface area contributed by atoms with E-state index in [4.69, 9.17) is 9.15 Å². The predicted molar refractivity (Wildman–Crippen MR) is 86.3 cm³/mol. The number of rotatable bonds is 4. The van der Waals surface area contributed by atoms with Gasteiger partial charge in [0, 0.05) is 18.1 Å². The fraction of sp³-hybridized carbons (Fsp3) is 0.643. The summed E-state index contributed by atoms with van der Waals surface area (Å²) in [5.74, 6) is -0.615. The maximum atomic E-state index is 12.8. The number of carbonyl (C=O) groups is 3. The molecule has 0 spiro atoms. The molecule has 2 aliphatic rings. The van der Waals surface area contributed by atoms with Crippen LogP contribution in [0, 0.1) is 5.41 Å².